The smallest absolute Gasteiger partial charge is 0.322 e. The highest BCUT2D eigenvalue weighted by atomic mass is 32.2. The summed E-state index contributed by atoms with van der Waals surface area (Å²) in [5.74, 6) is -1.08. The number of carboxylic acid groups (broad SMARTS) is 1. The van der Waals surface area contributed by atoms with E-state index in [0.29, 0.717) is 16.8 Å². The molecule has 0 aliphatic rings. The lowest BCUT2D eigenvalue weighted by molar-refractivity contribution is -0.136. The molecule has 35 heavy (non-hydrogen) atoms. The predicted octanol–water partition coefficient (Wildman–Crippen LogP) is 3.90. The maximum atomic E-state index is 13.2. The largest absolute Gasteiger partial charge is 0.480 e. The molecule has 9 heteroatoms. The van der Waals surface area contributed by atoms with E-state index >= 15 is 0 Å². The van der Waals surface area contributed by atoms with Gasteiger partial charge in [0, 0.05) is 6.54 Å². The molecule has 180 valence electrons. The van der Waals surface area contributed by atoms with Gasteiger partial charge in [-0.05, 0) is 53.3 Å². The van der Waals surface area contributed by atoms with Gasteiger partial charge in [-0.25, -0.2) is 13.1 Å². The Hall–Kier alpha value is -3.85. The molecule has 1 aromatic heterocycles. The fraction of sp³-hybridized carbons (Fsp3) is 0.231. The molecule has 0 bridgehead atoms. The van der Waals surface area contributed by atoms with Crippen molar-refractivity contribution in [2.24, 2.45) is 0 Å². The van der Waals surface area contributed by atoms with Crippen molar-refractivity contribution >= 4 is 26.7 Å². The summed E-state index contributed by atoms with van der Waals surface area (Å²) < 4.78 is 27.3. The SMILES string of the molecule is CC(C)c1ccc(-c2ccc(S(=O)(=O)C(CCn3nnc4ccccc4c3=O)C(=O)O)cc2)cc1. The number of rotatable bonds is 8. The maximum absolute atomic E-state index is 13.2. The summed E-state index contributed by atoms with van der Waals surface area (Å²) in [6, 6.07) is 20.8. The average Bonchev–Trinajstić information content (AvgIpc) is 2.85. The molecule has 0 saturated heterocycles. The predicted molar refractivity (Wildman–Crippen MR) is 133 cm³/mol. The molecule has 1 N–H and O–H groups in total. The van der Waals surface area contributed by atoms with Gasteiger partial charge in [0.2, 0.25) is 0 Å². The van der Waals surface area contributed by atoms with E-state index in [1.165, 1.54) is 17.7 Å². The van der Waals surface area contributed by atoms with Gasteiger partial charge in [-0.15, -0.1) is 5.10 Å². The molecule has 1 atom stereocenters. The summed E-state index contributed by atoms with van der Waals surface area (Å²) in [5.41, 5.74) is 2.92. The Labute approximate surface area is 202 Å². The number of carbonyl (C=O) groups is 1. The van der Waals surface area contributed by atoms with Crippen molar-refractivity contribution in [3.63, 3.8) is 0 Å². The molecular formula is C26H25N3O5S. The number of aromatic nitrogens is 3. The zero-order chi connectivity index (χ0) is 25.2. The molecule has 1 unspecified atom stereocenters. The third-order valence-corrected chi connectivity index (χ3v) is 8.09. The lowest BCUT2D eigenvalue weighted by atomic mass is 9.99. The van der Waals surface area contributed by atoms with Crippen molar-refractivity contribution in [3.05, 3.63) is 88.7 Å². The van der Waals surface area contributed by atoms with Crippen LogP contribution in [0.25, 0.3) is 22.0 Å². The van der Waals surface area contributed by atoms with E-state index < -0.39 is 26.6 Å². The van der Waals surface area contributed by atoms with Crippen LogP contribution in [-0.4, -0.2) is 39.7 Å². The number of fused-ring (bicyclic) bond motifs is 1. The van der Waals surface area contributed by atoms with Gasteiger partial charge >= 0.3 is 5.97 Å². The Morgan fingerprint density at radius 2 is 1.54 bits per heavy atom. The zero-order valence-electron chi connectivity index (χ0n) is 19.3. The normalized spacial score (nSPS) is 12.7. The number of aryl methyl sites for hydroxylation is 1. The van der Waals surface area contributed by atoms with Crippen LogP contribution in [-0.2, 0) is 21.2 Å². The minimum atomic E-state index is -4.21. The molecule has 0 spiro atoms. The summed E-state index contributed by atoms with van der Waals surface area (Å²) in [7, 11) is -4.21. The fourth-order valence-electron chi connectivity index (χ4n) is 3.88. The van der Waals surface area contributed by atoms with Crippen LogP contribution in [0.4, 0.5) is 0 Å². The van der Waals surface area contributed by atoms with E-state index in [-0.39, 0.29) is 17.9 Å². The van der Waals surface area contributed by atoms with E-state index in [1.54, 1.807) is 36.4 Å². The summed E-state index contributed by atoms with van der Waals surface area (Å²) in [4.78, 5) is 24.4. The lowest BCUT2D eigenvalue weighted by Gasteiger charge is -2.15. The molecule has 3 aromatic carbocycles. The van der Waals surface area contributed by atoms with Gasteiger partial charge in [-0.3, -0.25) is 9.59 Å². The maximum Gasteiger partial charge on any atom is 0.322 e. The number of aliphatic carboxylic acids is 1. The Balaban J connectivity index is 1.56. The van der Waals surface area contributed by atoms with E-state index in [0.717, 1.165) is 15.8 Å². The molecule has 0 aliphatic carbocycles. The second-order valence-corrected chi connectivity index (χ2v) is 10.7. The molecule has 4 aromatic rings. The minimum Gasteiger partial charge on any atom is -0.480 e. The van der Waals surface area contributed by atoms with Gasteiger partial charge in [0.25, 0.3) is 5.56 Å². The molecule has 8 nitrogen and oxygen atoms in total. The van der Waals surface area contributed by atoms with Crippen molar-refractivity contribution < 1.29 is 18.3 Å². The van der Waals surface area contributed by atoms with E-state index in [2.05, 4.69) is 24.2 Å². The second-order valence-electron chi connectivity index (χ2n) is 8.60. The number of carboxylic acids is 1. The first-order chi connectivity index (χ1) is 16.7. The third kappa shape index (κ3) is 5.00. The number of sulfone groups is 1. The molecule has 0 saturated carbocycles. The fourth-order valence-corrected chi connectivity index (χ4v) is 5.41. The van der Waals surface area contributed by atoms with Gasteiger partial charge < -0.3 is 5.11 Å². The summed E-state index contributed by atoms with van der Waals surface area (Å²) >= 11 is 0. The molecule has 0 aliphatic heterocycles. The Morgan fingerprint density at radius 3 is 2.14 bits per heavy atom. The number of hydrogen-bond acceptors (Lipinski definition) is 6. The van der Waals surface area contributed by atoms with Gasteiger partial charge in [0.15, 0.2) is 15.1 Å². The van der Waals surface area contributed by atoms with E-state index in [9.17, 15) is 23.1 Å². The average molecular weight is 492 g/mol. The minimum absolute atomic E-state index is 0.0932. The molecule has 0 radical (unpaired) electrons. The third-order valence-electron chi connectivity index (χ3n) is 5.98. The molecule has 0 amide bonds. The quantitative estimate of drug-likeness (QED) is 0.397. The van der Waals surface area contributed by atoms with Crippen LogP contribution in [0.15, 0.2) is 82.5 Å². The second kappa shape index (κ2) is 9.79. The number of benzene rings is 3. The van der Waals surface area contributed by atoms with Crippen LogP contribution in [0.2, 0.25) is 0 Å². The topological polar surface area (TPSA) is 119 Å². The van der Waals surface area contributed by atoms with Crippen LogP contribution in [0.1, 0.15) is 31.7 Å². The number of nitrogens with zero attached hydrogens (tertiary/aromatic N) is 3. The van der Waals surface area contributed by atoms with Gasteiger partial charge in [-0.1, -0.05) is 67.6 Å². The van der Waals surface area contributed by atoms with Gasteiger partial charge in [0.1, 0.15) is 5.52 Å². The zero-order valence-corrected chi connectivity index (χ0v) is 20.1. The highest BCUT2D eigenvalue weighted by Gasteiger charge is 2.34. The van der Waals surface area contributed by atoms with Crippen LogP contribution in [0.5, 0.6) is 0 Å². The van der Waals surface area contributed by atoms with E-state index in [4.69, 9.17) is 0 Å². The lowest BCUT2D eigenvalue weighted by Crippen LogP contribution is -2.34. The molecule has 0 fully saturated rings. The van der Waals surface area contributed by atoms with Crippen molar-refractivity contribution in [3.8, 4) is 11.1 Å². The van der Waals surface area contributed by atoms with Crippen LogP contribution in [0, 0.1) is 0 Å². The molecule has 4 rings (SSSR count). The van der Waals surface area contributed by atoms with Crippen molar-refractivity contribution in [2.45, 2.75) is 42.9 Å². The highest BCUT2D eigenvalue weighted by molar-refractivity contribution is 7.92. The first kappa shape index (κ1) is 24.3. The monoisotopic (exact) mass is 491 g/mol. The summed E-state index contributed by atoms with van der Waals surface area (Å²) in [6.45, 7) is 4.01. The number of hydrogen-bond donors (Lipinski definition) is 1. The molecular weight excluding hydrogens is 466 g/mol. The van der Waals surface area contributed by atoms with Crippen LogP contribution < -0.4 is 5.56 Å². The van der Waals surface area contributed by atoms with Crippen molar-refractivity contribution in [2.75, 3.05) is 0 Å². The Kier molecular flexibility index (Phi) is 6.79. The van der Waals surface area contributed by atoms with Gasteiger partial charge in [0.05, 0.1) is 10.3 Å². The van der Waals surface area contributed by atoms with Crippen LogP contribution in [0.3, 0.4) is 0 Å². The van der Waals surface area contributed by atoms with Crippen molar-refractivity contribution in [1.82, 2.24) is 15.0 Å². The Morgan fingerprint density at radius 1 is 0.943 bits per heavy atom. The summed E-state index contributed by atoms with van der Waals surface area (Å²) in [6.07, 6.45) is -0.330. The molecule has 1 heterocycles. The van der Waals surface area contributed by atoms with Crippen molar-refractivity contribution in [1.29, 1.82) is 0 Å². The first-order valence-electron chi connectivity index (χ1n) is 11.2. The standard InChI is InChI=1S/C26H25N3O5S/c1-17(2)18-7-9-19(10-8-18)20-11-13-21(14-12-20)35(33,34)24(26(31)32)15-16-29-25(30)22-5-3-4-6-23(22)27-28-29/h3-14,17,24H,15-16H2,1-2H3,(H,31,32). The van der Waals surface area contributed by atoms with Gasteiger partial charge in [-0.2, -0.15) is 0 Å². The highest BCUT2D eigenvalue weighted by Crippen LogP contribution is 2.26. The summed E-state index contributed by atoms with van der Waals surface area (Å²) in [5, 5.41) is 16.1. The van der Waals surface area contributed by atoms with Crippen LogP contribution >= 0.6 is 0 Å². The Bertz CT molecular complexity index is 1530. The van der Waals surface area contributed by atoms with E-state index in [1.807, 2.05) is 24.3 Å². The first-order valence-corrected chi connectivity index (χ1v) is 12.7.